The molecule has 0 unspecified atom stereocenters. The monoisotopic (exact) mass is 1010 g/mol. The minimum atomic E-state index is -4.91. The van der Waals surface area contributed by atoms with Gasteiger partial charge >= 0.3 is 24.1 Å². The van der Waals surface area contributed by atoms with Gasteiger partial charge in [0.25, 0.3) is 0 Å². The Morgan fingerprint density at radius 2 is 1.23 bits per heavy atom. The van der Waals surface area contributed by atoms with Crippen LogP contribution in [0, 0.1) is 5.82 Å². The zero-order valence-corrected chi connectivity index (χ0v) is 37.2. The molecule has 0 aliphatic heterocycles. The van der Waals surface area contributed by atoms with Crippen molar-refractivity contribution in [3.63, 3.8) is 0 Å². The van der Waals surface area contributed by atoms with E-state index in [1.54, 1.807) is 35.2 Å². The number of amides is 6. The summed E-state index contributed by atoms with van der Waals surface area (Å²) in [6, 6.07) is 4.72. The van der Waals surface area contributed by atoms with Crippen LogP contribution in [0.2, 0.25) is 0 Å². The highest BCUT2D eigenvalue weighted by Gasteiger charge is 2.35. The molecule has 0 saturated carbocycles. The fraction of sp³-hybridized carbons (Fsp3) is 0.326. The number of para-hydroxylation sites is 1. The maximum Gasteiger partial charge on any atom is 0.416 e. The number of rotatable bonds is 26. The number of halogens is 4. The highest BCUT2D eigenvalue weighted by atomic mass is 32.2. The number of carboxylic acid groups (broad SMARTS) is 3. The van der Waals surface area contributed by atoms with Crippen LogP contribution in [0.5, 0.6) is 0 Å². The summed E-state index contributed by atoms with van der Waals surface area (Å²) in [5.41, 5.74) is 5.47. The van der Waals surface area contributed by atoms with E-state index in [9.17, 15) is 79.3 Å². The average molecular weight is 1010 g/mol. The standard InChI is InChI=1S/C43H46F4N8O14S/c44-25-5-3-4-22(16-25)17-31(40(65)54-32(18-23-20-49-28-7-2-1-6-27(23)28)41(66)52-29(38(48)63)12-14-35(57)58)51-34(56)21-50-39(64)30(13-15-36(59)60)53-42(67)33(19-37(61)62)55-70(68,69)26-10-8-24(9-11-26)43(45,46)47/h1-11,16,20,29-33,49,55H,12-15,17-19,21H2,(H2,48,63)(H,50,64)(H,51,56)(H,52,66)(H,53,67)(H,54,65)(H,57,58)(H,59,60)(H,61,62)/t29-,30-,31-,32-,33+/m0/s1. The Kier molecular flexibility index (Phi) is 19.0. The maximum absolute atomic E-state index is 14.3. The lowest BCUT2D eigenvalue weighted by Gasteiger charge is -2.25. The lowest BCUT2D eigenvalue weighted by molar-refractivity contribution is -0.140. The Morgan fingerprint density at radius 3 is 1.81 bits per heavy atom. The predicted octanol–water partition coefficient (Wildman–Crippen LogP) is 0.203. The van der Waals surface area contributed by atoms with E-state index in [1.165, 1.54) is 12.1 Å². The highest BCUT2D eigenvalue weighted by molar-refractivity contribution is 7.89. The predicted molar refractivity (Wildman–Crippen MR) is 234 cm³/mol. The largest absolute Gasteiger partial charge is 0.481 e. The number of hydrogen-bond acceptors (Lipinski definition) is 11. The first-order valence-electron chi connectivity index (χ1n) is 20.7. The Labute approximate surface area is 394 Å². The quantitative estimate of drug-likeness (QED) is 0.0375. The molecule has 4 rings (SSSR count). The van der Waals surface area contributed by atoms with Crippen LogP contribution < -0.4 is 37.0 Å². The van der Waals surface area contributed by atoms with E-state index in [0.717, 1.165) is 12.1 Å². The number of sulfonamides is 1. The van der Waals surface area contributed by atoms with Gasteiger partial charge in [-0.15, -0.1) is 0 Å². The van der Waals surface area contributed by atoms with Gasteiger partial charge in [0.2, 0.25) is 45.5 Å². The van der Waals surface area contributed by atoms with Gasteiger partial charge in [0, 0.05) is 42.8 Å². The summed E-state index contributed by atoms with van der Waals surface area (Å²) < 4.78 is 81.3. The highest BCUT2D eigenvalue weighted by Crippen LogP contribution is 2.30. The van der Waals surface area contributed by atoms with Crippen molar-refractivity contribution >= 4 is 74.3 Å². The SMILES string of the molecule is NC(=O)[C@H](CCC(=O)O)NC(=O)[C@H](Cc1c[nH]c2ccccc12)NC(=O)[C@H](Cc1cccc(F)c1)NC(=O)CNC(=O)[C@H](CCC(=O)O)NC(=O)[C@@H](CC(=O)O)NS(=O)(=O)c1ccc(C(F)(F)F)cc1. The molecule has 0 radical (unpaired) electrons. The number of carbonyl (C=O) groups is 9. The first-order chi connectivity index (χ1) is 32.8. The molecule has 3 aromatic carbocycles. The molecule has 0 spiro atoms. The van der Waals surface area contributed by atoms with Crippen LogP contribution in [0.3, 0.4) is 0 Å². The first kappa shape index (κ1) is 54.7. The number of hydrogen-bond donors (Lipinski definition) is 11. The Hall–Kier alpha value is -7.94. The number of benzene rings is 3. The van der Waals surface area contributed by atoms with Gasteiger partial charge in [-0.05, 0) is 66.4 Å². The molecule has 1 aromatic heterocycles. The number of fused-ring (bicyclic) bond motifs is 1. The average Bonchev–Trinajstić information content (AvgIpc) is 3.69. The molecule has 1 heterocycles. The molecule has 0 aliphatic carbocycles. The van der Waals surface area contributed by atoms with Crippen LogP contribution in [0.1, 0.15) is 48.8 Å². The van der Waals surface area contributed by atoms with Crippen LogP contribution in [0.4, 0.5) is 17.6 Å². The number of primary amides is 1. The van der Waals surface area contributed by atoms with Crippen LogP contribution in [0.15, 0.2) is 83.9 Å². The molecule has 5 atom stereocenters. The van der Waals surface area contributed by atoms with Gasteiger partial charge in [0.05, 0.1) is 23.4 Å². The Morgan fingerprint density at radius 1 is 0.657 bits per heavy atom. The first-order valence-corrected chi connectivity index (χ1v) is 22.2. The molecule has 22 nitrogen and oxygen atoms in total. The number of aromatic amines is 1. The molecular formula is C43H46F4N8O14S. The van der Waals surface area contributed by atoms with Gasteiger partial charge in [-0.1, -0.05) is 30.3 Å². The van der Waals surface area contributed by atoms with E-state index in [-0.39, 0.29) is 12.0 Å². The van der Waals surface area contributed by atoms with Gasteiger partial charge in [0.1, 0.15) is 36.0 Å². The van der Waals surface area contributed by atoms with E-state index in [4.69, 9.17) is 10.8 Å². The summed E-state index contributed by atoms with van der Waals surface area (Å²) in [6.07, 6.45) is -7.82. The second kappa shape index (κ2) is 24.4. The third-order valence-electron chi connectivity index (χ3n) is 10.2. The topological polar surface area (TPSA) is 362 Å². The second-order valence-corrected chi connectivity index (χ2v) is 17.2. The summed E-state index contributed by atoms with van der Waals surface area (Å²) in [7, 11) is -4.91. The number of nitrogens with one attached hydrogen (secondary N) is 7. The number of alkyl halides is 3. The Bertz CT molecular complexity index is 2720. The molecule has 4 aromatic rings. The fourth-order valence-corrected chi connectivity index (χ4v) is 7.92. The molecule has 70 heavy (non-hydrogen) atoms. The summed E-state index contributed by atoms with van der Waals surface area (Å²) in [5, 5.41) is 39.8. The normalized spacial score (nSPS) is 13.7. The van der Waals surface area contributed by atoms with Crippen molar-refractivity contribution in [2.75, 3.05) is 6.54 Å². The lowest BCUT2D eigenvalue weighted by Crippen LogP contribution is -2.58. The molecule has 12 N–H and O–H groups in total. The van der Waals surface area contributed by atoms with Crippen molar-refractivity contribution in [3.05, 3.63) is 102 Å². The molecule has 0 aliphatic rings. The third-order valence-corrected chi connectivity index (χ3v) is 11.7. The summed E-state index contributed by atoms with van der Waals surface area (Å²) in [6.45, 7) is -1.02. The van der Waals surface area contributed by atoms with Crippen molar-refractivity contribution in [2.45, 2.75) is 86.2 Å². The van der Waals surface area contributed by atoms with Crippen molar-refractivity contribution < 1.29 is 84.4 Å². The Balaban J connectivity index is 1.55. The number of aliphatic carboxylic acids is 3. The van der Waals surface area contributed by atoms with Crippen molar-refractivity contribution in [1.29, 1.82) is 0 Å². The van der Waals surface area contributed by atoms with E-state index in [2.05, 4.69) is 26.3 Å². The minimum absolute atomic E-state index is 0.144. The maximum atomic E-state index is 14.3. The van der Waals surface area contributed by atoms with E-state index < -0.39 is 161 Å². The molecule has 0 saturated heterocycles. The smallest absolute Gasteiger partial charge is 0.416 e. The van der Waals surface area contributed by atoms with Gasteiger partial charge in [0.15, 0.2) is 0 Å². The molecular weight excluding hydrogens is 961 g/mol. The second-order valence-electron chi connectivity index (χ2n) is 15.5. The fourth-order valence-electron chi connectivity index (χ4n) is 6.72. The lowest BCUT2D eigenvalue weighted by atomic mass is 10.0. The molecule has 0 bridgehead atoms. The van der Waals surface area contributed by atoms with Crippen LogP contribution in [-0.4, -0.2) is 119 Å². The van der Waals surface area contributed by atoms with Crippen LogP contribution in [0.25, 0.3) is 10.9 Å². The summed E-state index contributed by atoms with van der Waals surface area (Å²) >= 11 is 0. The number of aromatic nitrogens is 1. The van der Waals surface area contributed by atoms with Crippen molar-refractivity contribution in [2.24, 2.45) is 5.73 Å². The van der Waals surface area contributed by atoms with E-state index in [1.807, 2.05) is 5.32 Å². The van der Waals surface area contributed by atoms with Gasteiger partial charge in [-0.25, -0.2) is 12.8 Å². The van der Waals surface area contributed by atoms with Gasteiger partial charge in [-0.2, -0.15) is 17.9 Å². The third kappa shape index (κ3) is 16.7. The van der Waals surface area contributed by atoms with E-state index in [0.29, 0.717) is 40.7 Å². The molecule has 6 amide bonds. The van der Waals surface area contributed by atoms with Gasteiger partial charge < -0.3 is 52.6 Å². The molecule has 376 valence electrons. The van der Waals surface area contributed by atoms with Crippen LogP contribution in [-0.2, 0) is 72.2 Å². The number of carbonyl (C=O) groups excluding carboxylic acids is 6. The molecule has 27 heteroatoms. The van der Waals surface area contributed by atoms with Gasteiger partial charge in [-0.3, -0.25) is 43.2 Å². The van der Waals surface area contributed by atoms with Crippen molar-refractivity contribution in [1.82, 2.24) is 36.3 Å². The van der Waals surface area contributed by atoms with E-state index >= 15 is 0 Å². The number of carboxylic acids is 3. The van der Waals surface area contributed by atoms with Crippen LogP contribution >= 0.6 is 0 Å². The zero-order chi connectivity index (χ0) is 51.9. The summed E-state index contributed by atoms with van der Waals surface area (Å²) in [4.78, 5) is 117. The number of nitrogens with two attached hydrogens (primary N) is 1. The summed E-state index contributed by atoms with van der Waals surface area (Å²) in [5.74, 6) is -12.4. The number of H-pyrrole nitrogens is 1. The minimum Gasteiger partial charge on any atom is -0.481 e. The molecule has 0 fully saturated rings. The zero-order valence-electron chi connectivity index (χ0n) is 36.4. The van der Waals surface area contributed by atoms with Crippen molar-refractivity contribution in [3.8, 4) is 0 Å².